The molecule has 0 bridgehead atoms. The minimum Gasteiger partial charge on any atom is -0.481 e. The number of rotatable bonds is 8. The van der Waals surface area contributed by atoms with Gasteiger partial charge in [0.15, 0.2) is 0 Å². The van der Waals surface area contributed by atoms with E-state index in [2.05, 4.69) is 10.2 Å². The largest absolute Gasteiger partial charge is 0.481 e. The Hall–Kier alpha value is -4.33. The SMILES string of the molecule is O=C(O)Cc1ccc(N2CCN(C(=O)[C@H](NC(=O)OCc3ccccc3)c3ccccc3)CC2)cc1. The number of hydrogen-bond donors (Lipinski definition) is 2. The second kappa shape index (κ2) is 11.9. The average Bonchev–Trinajstić information content (AvgIpc) is 2.91. The molecule has 0 unspecified atom stereocenters. The van der Waals surface area contributed by atoms with Gasteiger partial charge >= 0.3 is 12.1 Å². The maximum absolute atomic E-state index is 13.5. The van der Waals surface area contributed by atoms with Crippen molar-refractivity contribution in [1.82, 2.24) is 10.2 Å². The third-order valence-corrected chi connectivity index (χ3v) is 6.10. The lowest BCUT2D eigenvalue weighted by Crippen LogP contribution is -2.52. The molecular formula is C28H29N3O5. The third-order valence-electron chi connectivity index (χ3n) is 6.10. The van der Waals surface area contributed by atoms with Crippen molar-refractivity contribution < 1.29 is 24.2 Å². The number of nitrogens with one attached hydrogen (secondary N) is 1. The second-order valence-electron chi connectivity index (χ2n) is 8.60. The van der Waals surface area contributed by atoms with Gasteiger partial charge in [0.25, 0.3) is 0 Å². The summed E-state index contributed by atoms with van der Waals surface area (Å²) in [6, 6.07) is 25.1. The van der Waals surface area contributed by atoms with Crippen LogP contribution >= 0.6 is 0 Å². The lowest BCUT2D eigenvalue weighted by molar-refractivity contribution is -0.136. The monoisotopic (exact) mass is 487 g/mol. The van der Waals surface area contributed by atoms with Gasteiger partial charge in [0.05, 0.1) is 6.42 Å². The van der Waals surface area contributed by atoms with Crippen molar-refractivity contribution in [2.24, 2.45) is 0 Å². The van der Waals surface area contributed by atoms with Gasteiger partial charge in [-0.15, -0.1) is 0 Å². The molecule has 0 aliphatic carbocycles. The maximum Gasteiger partial charge on any atom is 0.408 e. The topological polar surface area (TPSA) is 99.2 Å². The van der Waals surface area contributed by atoms with Crippen molar-refractivity contribution in [3.8, 4) is 0 Å². The fourth-order valence-electron chi connectivity index (χ4n) is 4.18. The molecule has 1 saturated heterocycles. The second-order valence-corrected chi connectivity index (χ2v) is 8.60. The lowest BCUT2D eigenvalue weighted by Gasteiger charge is -2.37. The molecular weight excluding hydrogens is 458 g/mol. The first-order valence-corrected chi connectivity index (χ1v) is 11.9. The van der Waals surface area contributed by atoms with E-state index in [-0.39, 0.29) is 18.9 Å². The highest BCUT2D eigenvalue weighted by Gasteiger charge is 2.30. The first kappa shape index (κ1) is 24.8. The van der Waals surface area contributed by atoms with Crippen LogP contribution in [0.5, 0.6) is 0 Å². The van der Waals surface area contributed by atoms with Crippen LogP contribution in [0.25, 0.3) is 0 Å². The molecule has 1 aliphatic heterocycles. The van der Waals surface area contributed by atoms with Gasteiger partial charge < -0.3 is 25.0 Å². The van der Waals surface area contributed by atoms with E-state index in [1.165, 1.54) is 0 Å². The summed E-state index contributed by atoms with van der Waals surface area (Å²) in [6.07, 6.45) is -0.661. The van der Waals surface area contributed by atoms with Gasteiger partial charge in [0.2, 0.25) is 5.91 Å². The highest BCUT2D eigenvalue weighted by molar-refractivity contribution is 5.87. The van der Waals surface area contributed by atoms with Crippen molar-refractivity contribution in [1.29, 1.82) is 0 Å². The number of carbonyl (C=O) groups is 3. The molecule has 1 fully saturated rings. The number of anilines is 1. The smallest absolute Gasteiger partial charge is 0.408 e. The minimum atomic E-state index is -0.861. The number of benzene rings is 3. The van der Waals surface area contributed by atoms with Crippen LogP contribution in [0.3, 0.4) is 0 Å². The van der Waals surface area contributed by atoms with E-state index >= 15 is 0 Å². The summed E-state index contributed by atoms with van der Waals surface area (Å²) >= 11 is 0. The van der Waals surface area contributed by atoms with Crippen LogP contribution in [-0.4, -0.2) is 54.2 Å². The molecule has 186 valence electrons. The summed E-state index contributed by atoms with van der Waals surface area (Å²) in [4.78, 5) is 40.9. The Morgan fingerprint density at radius 3 is 2.03 bits per heavy atom. The zero-order chi connectivity index (χ0) is 25.3. The van der Waals surface area contributed by atoms with Crippen molar-refractivity contribution in [3.63, 3.8) is 0 Å². The van der Waals surface area contributed by atoms with Gasteiger partial charge in [-0.3, -0.25) is 9.59 Å². The zero-order valence-electron chi connectivity index (χ0n) is 19.9. The Balaban J connectivity index is 1.37. The molecule has 2 N–H and O–H groups in total. The van der Waals surface area contributed by atoms with Crippen molar-refractivity contribution in [2.75, 3.05) is 31.1 Å². The number of carboxylic acid groups (broad SMARTS) is 1. The van der Waals surface area contributed by atoms with Crippen LogP contribution in [0.4, 0.5) is 10.5 Å². The van der Waals surface area contributed by atoms with Crippen molar-refractivity contribution in [2.45, 2.75) is 19.1 Å². The van der Waals surface area contributed by atoms with Gasteiger partial charge in [-0.05, 0) is 28.8 Å². The number of hydrogen-bond acceptors (Lipinski definition) is 5. The molecule has 3 aromatic carbocycles. The third kappa shape index (κ3) is 6.63. The quantitative estimate of drug-likeness (QED) is 0.504. The summed E-state index contributed by atoms with van der Waals surface area (Å²) in [6.45, 7) is 2.37. The van der Waals surface area contributed by atoms with Gasteiger partial charge in [0.1, 0.15) is 12.6 Å². The molecule has 36 heavy (non-hydrogen) atoms. The molecule has 1 heterocycles. The van der Waals surface area contributed by atoms with Crippen LogP contribution in [0, 0.1) is 0 Å². The number of carbonyl (C=O) groups excluding carboxylic acids is 2. The van der Waals surface area contributed by atoms with E-state index < -0.39 is 18.1 Å². The Morgan fingerprint density at radius 2 is 1.42 bits per heavy atom. The van der Waals surface area contributed by atoms with Crippen LogP contribution in [0.2, 0.25) is 0 Å². The number of amides is 2. The van der Waals surface area contributed by atoms with Crippen LogP contribution < -0.4 is 10.2 Å². The van der Waals surface area contributed by atoms with Crippen molar-refractivity contribution in [3.05, 3.63) is 102 Å². The highest BCUT2D eigenvalue weighted by atomic mass is 16.5. The number of nitrogens with zero attached hydrogens (tertiary/aromatic N) is 2. The normalized spacial score (nSPS) is 14.1. The first-order valence-electron chi connectivity index (χ1n) is 11.9. The molecule has 0 aromatic heterocycles. The fourth-order valence-corrected chi connectivity index (χ4v) is 4.18. The lowest BCUT2D eigenvalue weighted by atomic mass is 10.1. The van der Waals surface area contributed by atoms with Crippen LogP contribution in [0.15, 0.2) is 84.9 Å². The number of ether oxygens (including phenoxy) is 1. The Bertz CT molecular complexity index is 1160. The first-order chi connectivity index (χ1) is 17.5. The summed E-state index contributed by atoms with van der Waals surface area (Å²) < 4.78 is 5.36. The number of alkyl carbamates (subject to hydrolysis) is 1. The zero-order valence-corrected chi connectivity index (χ0v) is 19.9. The highest BCUT2D eigenvalue weighted by Crippen LogP contribution is 2.21. The average molecular weight is 488 g/mol. The van der Waals surface area contributed by atoms with E-state index in [4.69, 9.17) is 9.84 Å². The molecule has 0 spiro atoms. The standard InChI is InChI=1S/C28H29N3O5/c32-25(33)19-21-11-13-24(14-12-21)30-15-17-31(18-16-30)27(34)26(23-9-5-2-6-10-23)29-28(35)36-20-22-7-3-1-4-8-22/h1-14,26H,15-20H2,(H,29,35)(H,32,33)/t26-/m1/s1. The number of aliphatic carboxylic acids is 1. The van der Waals surface area contributed by atoms with Crippen LogP contribution in [0.1, 0.15) is 22.7 Å². The molecule has 3 aromatic rings. The van der Waals surface area contributed by atoms with E-state index in [9.17, 15) is 14.4 Å². The fraction of sp³-hybridized carbons (Fsp3) is 0.250. The molecule has 0 radical (unpaired) electrons. The molecule has 2 amide bonds. The number of carboxylic acids is 1. The molecule has 0 saturated carbocycles. The minimum absolute atomic E-state index is 0.00971. The van der Waals surface area contributed by atoms with Gasteiger partial charge in [-0.2, -0.15) is 0 Å². The maximum atomic E-state index is 13.5. The molecule has 4 rings (SSSR count). The molecule has 1 aliphatic rings. The summed E-state index contributed by atoms with van der Waals surface area (Å²) in [5, 5.41) is 11.7. The Labute approximate surface area is 210 Å². The Kier molecular flexibility index (Phi) is 8.18. The molecule has 1 atom stereocenters. The van der Waals surface area contributed by atoms with E-state index in [1.54, 1.807) is 4.90 Å². The van der Waals surface area contributed by atoms with E-state index in [0.29, 0.717) is 31.7 Å². The van der Waals surface area contributed by atoms with Crippen LogP contribution in [-0.2, 0) is 27.4 Å². The number of piperazine rings is 1. The van der Waals surface area contributed by atoms with Crippen molar-refractivity contribution >= 4 is 23.7 Å². The summed E-state index contributed by atoms with van der Waals surface area (Å²) in [5.74, 6) is -1.05. The van der Waals surface area contributed by atoms with E-state index in [0.717, 1.165) is 16.8 Å². The van der Waals surface area contributed by atoms with Gasteiger partial charge in [-0.25, -0.2) is 4.79 Å². The van der Waals surface area contributed by atoms with Gasteiger partial charge in [-0.1, -0.05) is 72.8 Å². The Morgan fingerprint density at radius 1 is 0.806 bits per heavy atom. The molecule has 8 heteroatoms. The predicted molar refractivity (Wildman–Crippen MR) is 136 cm³/mol. The summed E-state index contributed by atoms with van der Waals surface area (Å²) in [5.41, 5.74) is 3.28. The van der Waals surface area contributed by atoms with Gasteiger partial charge in [0, 0.05) is 31.9 Å². The predicted octanol–water partition coefficient (Wildman–Crippen LogP) is 3.63. The van der Waals surface area contributed by atoms with E-state index in [1.807, 2.05) is 84.9 Å². The molecule has 8 nitrogen and oxygen atoms in total. The summed E-state index contributed by atoms with van der Waals surface area (Å²) in [7, 11) is 0.